The Labute approximate surface area is 196 Å². The molecule has 0 unspecified atom stereocenters. The van der Waals surface area contributed by atoms with Crippen LogP contribution in [0.3, 0.4) is 0 Å². The molecule has 1 fully saturated rings. The Morgan fingerprint density at radius 2 is 2.06 bits per heavy atom. The molecule has 8 nitrogen and oxygen atoms in total. The fourth-order valence-electron chi connectivity index (χ4n) is 4.68. The molecule has 2 N–H and O–H groups in total. The monoisotopic (exact) mass is 458 g/mol. The number of alkyl halides is 1. The maximum Gasteiger partial charge on any atom is 0.223 e. The van der Waals surface area contributed by atoms with Crippen molar-refractivity contribution in [3.63, 3.8) is 0 Å². The number of pyridine rings is 1. The highest BCUT2D eigenvalue weighted by atomic mass is 19.1. The highest BCUT2D eigenvalue weighted by Crippen LogP contribution is 2.36. The second kappa shape index (κ2) is 8.02. The van der Waals surface area contributed by atoms with E-state index in [0.29, 0.717) is 25.3 Å². The van der Waals surface area contributed by atoms with E-state index in [-0.39, 0.29) is 12.6 Å². The largest absolute Gasteiger partial charge is 0.351 e. The van der Waals surface area contributed by atoms with Crippen LogP contribution in [0.4, 0.5) is 10.3 Å². The van der Waals surface area contributed by atoms with Crippen LogP contribution >= 0.6 is 0 Å². The summed E-state index contributed by atoms with van der Waals surface area (Å²) in [5.41, 5.74) is 5.95. The van der Waals surface area contributed by atoms with Gasteiger partial charge in [-0.3, -0.25) is 4.68 Å². The van der Waals surface area contributed by atoms with Gasteiger partial charge in [-0.1, -0.05) is 6.08 Å². The van der Waals surface area contributed by atoms with Crippen LogP contribution in [-0.2, 0) is 13.6 Å². The summed E-state index contributed by atoms with van der Waals surface area (Å²) in [5.74, 6) is 0.475. The molecule has 0 saturated heterocycles. The topological polar surface area (TPSA) is 85.0 Å². The lowest BCUT2D eigenvalue weighted by Crippen LogP contribution is -2.39. The normalized spacial score (nSPS) is 19.3. The molecule has 0 bridgehead atoms. The van der Waals surface area contributed by atoms with E-state index in [1.54, 1.807) is 4.68 Å². The molecule has 4 aromatic rings. The molecule has 1 atom stereocenters. The van der Waals surface area contributed by atoms with Crippen LogP contribution in [0.1, 0.15) is 43.0 Å². The van der Waals surface area contributed by atoms with Crippen LogP contribution in [-0.4, -0.2) is 47.6 Å². The smallest absolute Gasteiger partial charge is 0.223 e. The molecular weight excluding hydrogens is 431 g/mol. The lowest BCUT2D eigenvalue weighted by molar-refractivity contribution is 0.0782. The van der Waals surface area contributed by atoms with Gasteiger partial charge in [-0.25, -0.2) is 18.9 Å². The molecule has 9 heteroatoms. The molecule has 2 aliphatic rings. The third-order valence-electron chi connectivity index (χ3n) is 6.83. The first-order valence-corrected chi connectivity index (χ1v) is 11.7. The zero-order valence-electron chi connectivity index (χ0n) is 19.3. The molecule has 1 aliphatic carbocycles. The van der Waals surface area contributed by atoms with Crippen LogP contribution in [0.25, 0.3) is 22.2 Å². The van der Waals surface area contributed by atoms with Crippen molar-refractivity contribution in [3.8, 4) is 11.1 Å². The number of fused-ring (bicyclic) bond motifs is 2. The number of nitrogens with zero attached hydrogens (tertiary/aromatic N) is 6. The zero-order valence-corrected chi connectivity index (χ0v) is 19.3. The zero-order chi connectivity index (χ0) is 23.3. The predicted octanol–water partition coefficient (Wildman–Crippen LogP) is 3.75. The number of hydrogen-bond donors (Lipinski definition) is 2. The Morgan fingerprint density at radius 1 is 1.18 bits per heavy atom. The molecule has 5 heterocycles. The summed E-state index contributed by atoms with van der Waals surface area (Å²) < 4.78 is 18.1. The summed E-state index contributed by atoms with van der Waals surface area (Å²) in [4.78, 5) is 9.27. The van der Waals surface area contributed by atoms with E-state index < -0.39 is 5.67 Å². The van der Waals surface area contributed by atoms with E-state index in [0.717, 1.165) is 45.5 Å². The van der Waals surface area contributed by atoms with Gasteiger partial charge in [0.2, 0.25) is 5.95 Å². The average molecular weight is 459 g/mol. The molecule has 6 rings (SSSR count). The van der Waals surface area contributed by atoms with Crippen LogP contribution in [0.5, 0.6) is 0 Å². The van der Waals surface area contributed by atoms with Gasteiger partial charge in [0.1, 0.15) is 5.67 Å². The van der Waals surface area contributed by atoms with Crippen molar-refractivity contribution in [2.45, 2.75) is 44.4 Å². The second-order valence-corrected chi connectivity index (χ2v) is 9.37. The molecule has 1 aliphatic heterocycles. The minimum absolute atomic E-state index is 0.156. The number of rotatable bonds is 5. The maximum absolute atomic E-state index is 14.4. The van der Waals surface area contributed by atoms with Gasteiger partial charge in [0.15, 0.2) is 0 Å². The van der Waals surface area contributed by atoms with Gasteiger partial charge in [-0.05, 0) is 49.5 Å². The Kier molecular flexibility index (Phi) is 4.95. The van der Waals surface area contributed by atoms with Gasteiger partial charge in [0, 0.05) is 54.9 Å². The van der Waals surface area contributed by atoms with Gasteiger partial charge < -0.3 is 10.6 Å². The van der Waals surface area contributed by atoms with E-state index in [4.69, 9.17) is 4.98 Å². The number of aromatic nitrogens is 6. The quantitative estimate of drug-likeness (QED) is 0.474. The summed E-state index contributed by atoms with van der Waals surface area (Å²) in [6, 6.07) is 4.37. The van der Waals surface area contributed by atoms with Gasteiger partial charge in [-0.15, -0.1) is 0 Å². The van der Waals surface area contributed by atoms with E-state index >= 15 is 0 Å². The second-order valence-electron chi connectivity index (χ2n) is 9.37. The lowest BCUT2D eigenvalue weighted by atomic mass is 9.82. The van der Waals surface area contributed by atoms with Crippen LogP contribution in [0, 0.1) is 0 Å². The van der Waals surface area contributed by atoms with E-state index in [1.165, 1.54) is 0 Å². The van der Waals surface area contributed by atoms with Gasteiger partial charge in [0.25, 0.3) is 0 Å². The molecule has 0 aromatic carbocycles. The fraction of sp³-hybridized carbons (Fsp3) is 0.360. The number of aryl methyl sites for hydroxylation is 1. The number of halogens is 1. The first-order valence-electron chi connectivity index (χ1n) is 11.7. The summed E-state index contributed by atoms with van der Waals surface area (Å²) in [6.07, 6.45) is 13.9. The Morgan fingerprint density at radius 3 is 2.82 bits per heavy atom. The third-order valence-corrected chi connectivity index (χ3v) is 6.83. The molecule has 4 aromatic heterocycles. The van der Waals surface area contributed by atoms with Crippen molar-refractivity contribution < 1.29 is 4.39 Å². The summed E-state index contributed by atoms with van der Waals surface area (Å²) in [5, 5.41) is 15.4. The number of hydrogen-bond acceptors (Lipinski definition) is 6. The molecule has 1 saturated carbocycles. The lowest BCUT2D eigenvalue weighted by Gasteiger charge is -2.33. The van der Waals surface area contributed by atoms with Crippen molar-refractivity contribution in [3.05, 3.63) is 66.0 Å². The molecular formula is C25H27FN8. The predicted molar refractivity (Wildman–Crippen MR) is 129 cm³/mol. The first kappa shape index (κ1) is 21.0. The van der Waals surface area contributed by atoms with Crippen molar-refractivity contribution in [1.29, 1.82) is 0 Å². The first-order chi connectivity index (χ1) is 16.5. The molecule has 0 spiro atoms. The van der Waals surface area contributed by atoms with E-state index in [1.807, 2.05) is 42.5 Å². The molecule has 0 amide bonds. The van der Waals surface area contributed by atoms with Crippen LogP contribution in [0.2, 0.25) is 0 Å². The molecule has 0 radical (unpaired) electrons. The number of nitrogens with one attached hydrogen (secondary N) is 2. The Balaban J connectivity index is 1.37. The standard InChI is InChI=1S/C25H27FN8/c1-16-8-19(17-4-7-34-23(9-17)20(12-31-34)18-10-30-33(2)14-18)21-11-28-24(32-22(21)13-27-16)29-15-25(26)5-3-6-25/h4,7-12,14,16,27H,3,5-6,13,15H2,1-2H3,(H,28,29,32)/t16-/m1/s1. The highest BCUT2D eigenvalue weighted by molar-refractivity contribution is 5.86. The molecule has 34 heavy (non-hydrogen) atoms. The van der Waals surface area contributed by atoms with Crippen LogP contribution in [0.15, 0.2) is 49.2 Å². The Hall–Kier alpha value is -3.59. The summed E-state index contributed by atoms with van der Waals surface area (Å²) in [6.45, 7) is 3.00. The summed E-state index contributed by atoms with van der Waals surface area (Å²) >= 11 is 0. The van der Waals surface area contributed by atoms with Crippen molar-refractivity contribution in [1.82, 2.24) is 34.7 Å². The summed E-state index contributed by atoms with van der Waals surface area (Å²) in [7, 11) is 1.91. The minimum atomic E-state index is -1.12. The number of anilines is 1. The minimum Gasteiger partial charge on any atom is -0.351 e. The van der Waals surface area contributed by atoms with Crippen molar-refractivity contribution in [2.75, 3.05) is 11.9 Å². The van der Waals surface area contributed by atoms with Crippen molar-refractivity contribution >= 4 is 17.0 Å². The molecule has 174 valence electrons. The van der Waals surface area contributed by atoms with E-state index in [9.17, 15) is 4.39 Å². The van der Waals surface area contributed by atoms with Crippen molar-refractivity contribution in [2.24, 2.45) is 7.05 Å². The van der Waals surface area contributed by atoms with Gasteiger partial charge in [-0.2, -0.15) is 10.2 Å². The van der Waals surface area contributed by atoms with Gasteiger partial charge >= 0.3 is 0 Å². The Bertz CT molecular complexity index is 1400. The fourth-order valence-corrected chi connectivity index (χ4v) is 4.68. The SMILES string of the molecule is C[C@@H]1C=C(c2ccn3ncc(-c4cnn(C)c4)c3c2)c2cnc(NCC3(F)CCC3)nc2CN1. The third kappa shape index (κ3) is 3.75. The maximum atomic E-state index is 14.4. The average Bonchev–Trinajstić information content (AvgIpc) is 3.40. The van der Waals surface area contributed by atoms with E-state index in [2.05, 4.69) is 50.9 Å². The van der Waals surface area contributed by atoms with Gasteiger partial charge in [0.05, 0.1) is 30.1 Å². The highest BCUT2D eigenvalue weighted by Gasteiger charge is 2.36. The van der Waals surface area contributed by atoms with Crippen LogP contribution < -0.4 is 10.6 Å².